The van der Waals surface area contributed by atoms with Gasteiger partial charge in [-0.05, 0) is 0 Å². The molecule has 0 aromatic carbocycles. The van der Waals surface area contributed by atoms with E-state index in [2.05, 4.69) is 13.8 Å². The zero-order valence-electron chi connectivity index (χ0n) is 4.59. The fourth-order valence-electron chi connectivity index (χ4n) is 0.792. The number of aliphatic hydroxyl groups excluding tert-OH is 1. The van der Waals surface area contributed by atoms with E-state index < -0.39 is 0 Å². The predicted octanol–water partition coefficient (Wildman–Crippen LogP) is 0.871. The van der Waals surface area contributed by atoms with Crippen LogP contribution in [0.25, 0.3) is 0 Å². The lowest BCUT2D eigenvalue weighted by Gasteiger charge is -2.35. The molecule has 2 atom stereocenters. The van der Waals surface area contributed by atoms with Crippen LogP contribution in [0.5, 0.6) is 0 Å². The Morgan fingerprint density at radius 3 is 1.71 bits per heavy atom. The summed E-state index contributed by atoms with van der Waals surface area (Å²) >= 11 is 1.84. The van der Waals surface area contributed by atoms with Crippen molar-refractivity contribution >= 4 is 11.8 Å². The van der Waals surface area contributed by atoms with Crippen LogP contribution >= 0.6 is 11.8 Å². The number of hydrogen-bond acceptors (Lipinski definition) is 2. The van der Waals surface area contributed by atoms with Gasteiger partial charge in [-0.1, -0.05) is 13.8 Å². The summed E-state index contributed by atoms with van der Waals surface area (Å²) in [6.45, 7) is 4.10. The second kappa shape index (κ2) is 1.67. The number of rotatable bonds is 0. The van der Waals surface area contributed by atoms with Gasteiger partial charge in [-0.15, -0.1) is 0 Å². The van der Waals surface area contributed by atoms with Crippen LogP contribution in [0.4, 0.5) is 0 Å². The van der Waals surface area contributed by atoms with Crippen LogP contribution in [0.2, 0.25) is 0 Å². The van der Waals surface area contributed by atoms with Crippen LogP contribution in [0.1, 0.15) is 13.8 Å². The maximum Gasteiger partial charge on any atom is 0.0772 e. The van der Waals surface area contributed by atoms with Crippen molar-refractivity contribution in [1.82, 2.24) is 0 Å². The minimum atomic E-state index is -0.0370. The molecule has 1 fully saturated rings. The second-order valence-corrected chi connectivity index (χ2v) is 3.80. The molecule has 0 amide bonds. The Kier molecular flexibility index (Phi) is 1.30. The van der Waals surface area contributed by atoms with Crippen LogP contribution in [0.15, 0.2) is 0 Å². The third-order valence-electron chi connectivity index (χ3n) is 1.39. The molecule has 0 aromatic heterocycles. The maximum absolute atomic E-state index is 8.96. The molecule has 0 saturated carbocycles. The maximum atomic E-state index is 8.96. The molecule has 1 N–H and O–H groups in total. The summed E-state index contributed by atoms with van der Waals surface area (Å²) in [6, 6.07) is 0. The van der Waals surface area contributed by atoms with Gasteiger partial charge in [-0.3, -0.25) is 0 Å². The first-order valence-electron chi connectivity index (χ1n) is 2.55. The Morgan fingerprint density at radius 2 is 1.71 bits per heavy atom. The van der Waals surface area contributed by atoms with E-state index in [1.807, 2.05) is 11.8 Å². The highest BCUT2D eigenvalue weighted by Crippen LogP contribution is 2.35. The van der Waals surface area contributed by atoms with Gasteiger partial charge in [0.2, 0.25) is 0 Å². The molecule has 1 aliphatic rings. The summed E-state index contributed by atoms with van der Waals surface area (Å²) in [6.07, 6.45) is -0.0370. The van der Waals surface area contributed by atoms with Crippen molar-refractivity contribution in [3.05, 3.63) is 0 Å². The van der Waals surface area contributed by atoms with Crippen molar-refractivity contribution < 1.29 is 5.11 Å². The van der Waals surface area contributed by atoms with Gasteiger partial charge in [0.1, 0.15) is 0 Å². The van der Waals surface area contributed by atoms with Crippen molar-refractivity contribution in [2.45, 2.75) is 30.5 Å². The SMILES string of the molecule is CC1SC(C)C1O. The summed E-state index contributed by atoms with van der Waals surface area (Å²) < 4.78 is 0. The lowest BCUT2D eigenvalue weighted by Crippen LogP contribution is -2.41. The normalized spacial score (nSPS) is 51.0. The molecular formula is C5H10OS. The van der Waals surface area contributed by atoms with Gasteiger partial charge >= 0.3 is 0 Å². The molecule has 1 heterocycles. The van der Waals surface area contributed by atoms with Crippen LogP contribution in [-0.4, -0.2) is 21.7 Å². The number of hydrogen-bond donors (Lipinski definition) is 1. The van der Waals surface area contributed by atoms with Crippen LogP contribution in [-0.2, 0) is 0 Å². The van der Waals surface area contributed by atoms with E-state index in [4.69, 9.17) is 5.11 Å². The first-order chi connectivity index (χ1) is 3.22. The molecule has 0 aromatic rings. The summed E-state index contributed by atoms with van der Waals surface area (Å²) in [7, 11) is 0. The third-order valence-corrected chi connectivity index (χ3v) is 2.81. The van der Waals surface area contributed by atoms with Crippen molar-refractivity contribution in [3.63, 3.8) is 0 Å². The molecule has 7 heavy (non-hydrogen) atoms. The minimum Gasteiger partial charge on any atom is -0.391 e. The van der Waals surface area contributed by atoms with Gasteiger partial charge in [0, 0.05) is 10.5 Å². The highest BCUT2D eigenvalue weighted by Gasteiger charge is 2.33. The van der Waals surface area contributed by atoms with Gasteiger partial charge in [-0.2, -0.15) is 11.8 Å². The lowest BCUT2D eigenvalue weighted by atomic mass is 10.2. The Labute approximate surface area is 48.1 Å². The fraction of sp³-hybridized carbons (Fsp3) is 1.00. The molecule has 0 spiro atoms. The average molecular weight is 118 g/mol. The van der Waals surface area contributed by atoms with Crippen molar-refractivity contribution in [2.75, 3.05) is 0 Å². The van der Waals surface area contributed by atoms with Crippen LogP contribution in [0.3, 0.4) is 0 Å². The monoisotopic (exact) mass is 118 g/mol. The standard InChI is InChI=1S/C5H10OS/c1-3-5(6)4(2)7-3/h3-6H,1-2H3. The Balaban J connectivity index is 2.29. The van der Waals surface area contributed by atoms with E-state index in [-0.39, 0.29) is 6.10 Å². The number of thioether (sulfide) groups is 1. The molecule has 42 valence electrons. The van der Waals surface area contributed by atoms with Crippen LogP contribution < -0.4 is 0 Å². The summed E-state index contributed by atoms with van der Waals surface area (Å²) in [5.74, 6) is 0. The van der Waals surface area contributed by atoms with Crippen molar-refractivity contribution in [1.29, 1.82) is 0 Å². The first-order valence-corrected chi connectivity index (χ1v) is 3.49. The smallest absolute Gasteiger partial charge is 0.0772 e. The van der Waals surface area contributed by atoms with E-state index >= 15 is 0 Å². The highest BCUT2D eigenvalue weighted by atomic mass is 32.2. The van der Waals surface area contributed by atoms with E-state index in [0.29, 0.717) is 10.5 Å². The first kappa shape index (κ1) is 5.45. The fourth-order valence-corrected chi connectivity index (χ4v) is 1.99. The minimum absolute atomic E-state index is 0.0370. The molecule has 1 nitrogen and oxygen atoms in total. The van der Waals surface area contributed by atoms with E-state index in [1.54, 1.807) is 0 Å². The topological polar surface area (TPSA) is 20.2 Å². The molecule has 0 radical (unpaired) electrons. The van der Waals surface area contributed by atoms with Crippen molar-refractivity contribution in [3.8, 4) is 0 Å². The second-order valence-electron chi connectivity index (χ2n) is 2.04. The van der Waals surface area contributed by atoms with Gasteiger partial charge in [0.15, 0.2) is 0 Å². The predicted molar refractivity (Wildman–Crippen MR) is 32.5 cm³/mol. The summed E-state index contributed by atoms with van der Waals surface area (Å²) in [5.41, 5.74) is 0. The summed E-state index contributed by atoms with van der Waals surface area (Å²) in [5, 5.41) is 9.93. The quantitative estimate of drug-likeness (QED) is 0.509. The number of aliphatic hydroxyl groups is 1. The zero-order chi connectivity index (χ0) is 5.44. The zero-order valence-corrected chi connectivity index (χ0v) is 5.40. The van der Waals surface area contributed by atoms with Gasteiger partial charge in [0.25, 0.3) is 0 Å². The molecular weight excluding hydrogens is 108 g/mol. The van der Waals surface area contributed by atoms with Crippen LogP contribution in [0, 0.1) is 0 Å². The lowest BCUT2D eigenvalue weighted by molar-refractivity contribution is 0.160. The molecule has 0 bridgehead atoms. The molecule has 2 heteroatoms. The molecule has 2 unspecified atom stereocenters. The van der Waals surface area contributed by atoms with E-state index in [9.17, 15) is 0 Å². The highest BCUT2D eigenvalue weighted by molar-refractivity contribution is 8.02. The molecule has 1 rings (SSSR count). The molecule has 1 aliphatic heterocycles. The molecule has 0 aliphatic carbocycles. The Hall–Kier alpha value is 0.310. The van der Waals surface area contributed by atoms with E-state index in [0.717, 1.165) is 0 Å². The Bertz CT molecular complexity index is 66.5. The van der Waals surface area contributed by atoms with Gasteiger partial charge in [-0.25, -0.2) is 0 Å². The largest absolute Gasteiger partial charge is 0.391 e. The van der Waals surface area contributed by atoms with Gasteiger partial charge in [0.05, 0.1) is 6.10 Å². The Morgan fingerprint density at radius 1 is 1.29 bits per heavy atom. The molecule has 1 saturated heterocycles. The van der Waals surface area contributed by atoms with E-state index in [1.165, 1.54) is 0 Å². The summed E-state index contributed by atoms with van der Waals surface area (Å²) in [4.78, 5) is 0. The van der Waals surface area contributed by atoms with Crippen molar-refractivity contribution in [2.24, 2.45) is 0 Å². The third kappa shape index (κ3) is 0.774. The average Bonchev–Trinajstić information content (AvgIpc) is 1.68. The van der Waals surface area contributed by atoms with Gasteiger partial charge < -0.3 is 5.11 Å².